The van der Waals surface area contributed by atoms with Crippen LogP contribution in [0, 0.1) is 5.82 Å². The van der Waals surface area contributed by atoms with E-state index in [1.165, 1.54) is 18.3 Å². The van der Waals surface area contributed by atoms with E-state index >= 15 is 0 Å². The summed E-state index contributed by atoms with van der Waals surface area (Å²) in [4.78, 5) is 5.15. The van der Waals surface area contributed by atoms with Crippen LogP contribution in [0.1, 0.15) is 5.56 Å². The molecule has 0 saturated heterocycles. The van der Waals surface area contributed by atoms with Crippen LogP contribution in [0.2, 0.25) is 0 Å². The van der Waals surface area contributed by atoms with Gasteiger partial charge in [0.15, 0.2) is 5.71 Å². The van der Waals surface area contributed by atoms with Crippen LogP contribution in [0.15, 0.2) is 71.2 Å². The van der Waals surface area contributed by atoms with Gasteiger partial charge in [-0.3, -0.25) is 4.99 Å². The molecule has 1 unspecified atom stereocenters. The molecule has 0 fully saturated rings. The molecule has 122 valence electrons. The van der Waals surface area contributed by atoms with Crippen molar-refractivity contribution >= 4 is 11.4 Å². The summed E-state index contributed by atoms with van der Waals surface area (Å²) in [6, 6.07) is 5.94. The summed E-state index contributed by atoms with van der Waals surface area (Å²) in [5, 5.41) is 3.13. The molecular weight excluding hydrogens is 322 g/mol. The molecule has 3 aliphatic rings. The van der Waals surface area contributed by atoms with E-state index in [0.717, 1.165) is 11.3 Å². The zero-order valence-corrected chi connectivity index (χ0v) is 12.2. The predicted octanol–water partition coefficient (Wildman–Crippen LogP) is 3.71. The van der Waals surface area contributed by atoms with Crippen molar-refractivity contribution in [2.24, 2.45) is 4.99 Å². The minimum atomic E-state index is -4.46. The van der Waals surface area contributed by atoms with E-state index in [1.54, 1.807) is 36.7 Å². The molecule has 1 aromatic rings. The maximum Gasteiger partial charge on any atom is 0.434 e. The van der Waals surface area contributed by atoms with Gasteiger partial charge in [-0.2, -0.15) is 13.2 Å². The summed E-state index contributed by atoms with van der Waals surface area (Å²) in [5.74, 6) is -0.345. The maximum absolute atomic E-state index is 13.1. The molecule has 1 aromatic carbocycles. The Bertz CT molecular complexity index is 842. The second-order valence-corrected chi connectivity index (χ2v) is 5.52. The maximum atomic E-state index is 13.1. The highest BCUT2D eigenvalue weighted by molar-refractivity contribution is 6.12. The standard InChI is InChI=1S/C17H11F4N3/c18-12-4-1-10(2-5-12)14-8-22-15-6-3-11(9-24(14)15)13-7-23-16(13)17(19,20)21/h1-9,15,22H. The van der Waals surface area contributed by atoms with Gasteiger partial charge in [0.1, 0.15) is 12.0 Å². The molecule has 3 heterocycles. The molecule has 0 radical (unpaired) electrons. The smallest absolute Gasteiger partial charge is 0.366 e. The molecule has 3 aliphatic heterocycles. The van der Waals surface area contributed by atoms with Gasteiger partial charge in [-0.05, 0) is 35.9 Å². The third kappa shape index (κ3) is 2.33. The van der Waals surface area contributed by atoms with E-state index in [0.29, 0.717) is 5.57 Å². The van der Waals surface area contributed by atoms with Crippen molar-refractivity contribution in [3.8, 4) is 0 Å². The van der Waals surface area contributed by atoms with Crippen molar-refractivity contribution in [2.75, 3.05) is 0 Å². The molecule has 0 aromatic heterocycles. The van der Waals surface area contributed by atoms with Crippen molar-refractivity contribution in [1.82, 2.24) is 10.2 Å². The Labute approximate surface area is 135 Å². The average molecular weight is 333 g/mol. The van der Waals surface area contributed by atoms with Crippen molar-refractivity contribution in [3.63, 3.8) is 0 Å². The Morgan fingerprint density at radius 2 is 1.88 bits per heavy atom. The third-order valence-corrected chi connectivity index (χ3v) is 4.00. The van der Waals surface area contributed by atoms with Gasteiger partial charge in [0, 0.05) is 29.7 Å². The minimum Gasteiger partial charge on any atom is -0.366 e. The van der Waals surface area contributed by atoms with Crippen molar-refractivity contribution in [3.05, 3.63) is 77.5 Å². The lowest BCUT2D eigenvalue weighted by atomic mass is 9.96. The van der Waals surface area contributed by atoms with Crippen LogP contribution < -0.4 is 5.32 Å². The molecule has 7 heteroatoms. The molecule has 1 atom stereocenters. The van der Waals surface area contributed by atoms with Crippen molar-refractivity contribution in [1.29, 1.82) is 0 Å². The van der Waals surface area contributed by atoms with Crippen LogP contribution in [0.5, 0.6) is 0 Å². The van der Waals surface area contributed by atoms with Crippen LogP contribution in [0.3, 0.4) is 0 Å². The number of halogens is 4. The van der Waals surface area contributed by atoms with E-state index < -0.39 is 11.9 Å². The molecule has 0 saturated carbocycles. The highest BCUT2D eigenvalue weighted by Gasteiger charge is 2.42. The first-order valence-electron chi connectivity index (χ1n) is 7.20. The number of hydrogen-bond acceptors (Lipinski definition) is 3. The fraction of sp³-hybridized carbons (Fsp3) is 0.118. The lowest BCUT2D eigenvalue weighted by Gasteiger charge is -2.29. The number of nitrogens with one attached hydrogen (secondary N) is 1. The lowest BCUT2D eigenvalue weighted by Crippen LogP contribution is -2.35. The topological polar surface area (TPSA) is 27.6 Å². The molecule has 0 aliphatic carbocycles. The average Bonchev–Trinajstić information content (AvgIpc) is 2.88. The van der Waals surface area contributed by atoms with Gasteiger partial charge < -0.3 is 10.2 Å². The van der Waals surface area contributed by atoms with Gasteiger partial charge in [0.2, 0.25) is 0 Å². The van der Waals surface area contributed by atoms with Gasteiger partial charge >= 0.3 is 6.18 Å². The fourth-order valence-electron chi connectivity index (χ4n) is 2.80. The molecule has 0 spiro atoms. The fourth-order valence-corrected chi connectivity index (χ4v) is 2.80. The minimum absolute atomic E-state index is 0.0718. The molecule has 0 amide bonds. The SMILES string of the molecule is Fc1ccc(C2=CNC3C=CC(C4=CN=C4C(F)(F)F)=CN23)cc1. The molecule has 24 heavy (non-hydrogen) atoms. The predicted molar refractivity (Wildman–Crippen MR) is 81.9 cm³/mol. The highest BCUT2D eigenvalue weighted by atomic mass is 19.4. The number of hydrogen-bond donors (Lipinski definition) is 1. The second kappa shape index (κ2) is 5.09. The first-order chi connectivity index (χ1) is 11.4. The van der Waals surface area contributed by atoms with Crippen molar-refractivity contribution < 1.29 is 17.6 Å². The van der Waals surface area contributed by atoms with Crippen LogP contribution in [0.4, 0.5) is 17.6 Å². The van der Waals surface area contributed by atoms with Crippen molar-refractivity contribution in [2.45, 2.75) is 12.3 Å². The second-order valence-electron chi connectivity index (χ2n) is 5.52. The van der Waals surface area contributed by atoms with Gasteiger partial charge in [-0.25, -0.2) is 4.39 Å². The van der Waals surface area contributed by atoms with Crippen LogP contribution >= 0.6 is 0 Å². The number of benzene rings is 1. The Kier molecular flexibility index (Phi) is 3.13. The number of alkyl halides is 3. The van der Waals surface area contributed by atoms with Crippen LogP contribution in [-0.2, 0) is 0 Å². The molecule has 1 N–H and O–H groups in total. The third-order valence-electron chi connectivity index (χ3n) is 4.00. The Morgan fingerprint density at radius 1 is 1.12 bits per heavy atom. The summed E-state index contributed by atoms with van der Waals surface area (Å²) in [5.41, 5.74) is 1.17. The first-order valence-corrected chi connectivity index (χ1v) is 7.20. The van der Waals surface area contributed by atoms with E-state index in [-0.39, 0.29) is 17.6 Å². The summed E-state index contributed by atoms with van der Waals surface area (Å²) in [6.45, 7) is 0. The number of allylic oxidation sites excluding steroid dienone is 3. The number of nitrogens with zero attached hydrogens (tertiary/aromatic N) is 2. The van der Waals surface area contributed by atoms with E-state index in [9.17, 15) is 17.6 Å². The summed E-state index contributed by atoms with van der Waals surface area (Å²) >= 11 is 0. The Morgan fingerprint density at radius 3 is 2.50 bits per heavy atom. The number of fused-ring (bicyclic) bond motifs is 1. The zero-order chi connectivity index (χ0) is 16.9. The summed E-state index contributed by atoms with van der Waals surface area (Å²) in [7, 11) is 0. The first kappa shape index (κ1) is 14.7. The Balaban J connectivity index is 1.63. The quantitative estimate of drug-likeness (QED) is 0.836. The van der Waals surface area contributed by atoms with Gasteiger partial charge in [-0.15, -0.1) is 0 Å². The summed E-state index contributed by atoms with van der Waals surface area (Å²) in [6.07, 6.45) is 3.39. The largest absolute Gasteiger partial charge is 0.434 e. The lowest BCUT2D eigenvalue weighted by molar-refractivity contribution is -0.0587. The molecule has 0 bridgehead atoms. The van der Waals surface area contributed by atoms with Crippen LogP contribution in [-0.4, -0.2) is 23.0 Å². The zero-order valence-electron chi connectivity index (χ0n) is 12.2. The van der Waals surface area contributed by atoms with E-state index in [4.69, 9.17) is 0 Å². The molecule has 3 nitrogen and oxygen atoms in total. The van der Waals surface area contributed by atoms with Gasteiger partial charge in [-0.1, -0.05) is 6.08 Å². The summed E-state index contributed by atoms with van der Waals surface area (Å²) < 4.78 is 51.7. The highest BCUT2D eigenvalue weighted by Crippen LogP contribution is 2.36. The number of rotatable bonds is 2. The van der Waals surface area contributed by atoms with Gasteiger partial charge in [0.05, 0.1) is 5.70 Å². The molecular formula is C17H11F4N3. The van der Waals surface area contributed by atoms with Crippen LogP contribution in [0.25, 0.3) is 5.70 Å². The normalized spacial score (nSPS) is 22.0. The molecule has 4 rings (SSSR count). The van der Waals surface area contributed by atoms with E-state index in [2.05, 4.69) is 10.3 Å². The van der Waals surface area contributed by atoms with Gasteiger partial charge in [0.25, 0.3) is 0 Å². The van der Waals surface area contributed by atoms with E-state index in [1.807, 2.05) is 4.90 Å². The monoisotopic (exact) mass is 333 g/mol. The Hall–Kier alpha value is -2.83. The number of aliphatic imine (C=N–C) groups is 1.